The Morgan fingerprint density at radius 1 is 1.05 bits per heavy atom. The third kappa shape index (κ3) is 5.05. The number of rotatable bonds is 4. The van der Waals surface area contributed by atoms with Crippen LogP contribution in [0.5, 0.6) is 0 Å². The van der Waals surface area contributed by atoms with Crippen molar-refractivity contribution in [1.29, 1.82) is 0 Å². The van der Waals surface area contributed by atoms with Crippen molar-refractivity contribution in [3.63, 3.8) is 0 Å². The van der Waals surface area contributed by atoms with E-state index in [-0.39, 0.29) is 6.03 Å². The summed E-state index contributed by atoms with van der Waals surface area (Å²) in [5.74, 6) is 0. The Balaban J connectivity index is 2.58. The SMILES string of the molecule is CN(C)C(=O)N(C)CCc1cc[c]([Sn]([CH3])([CH3])[CH3])cc1. The van der Waals surface area contributed by atoms with Crippen molar-refractivity contribution < 1.29 is 4.79 Å². The maximum atomic E-state index is 11.7. The standard InChI is InChI=1S/C12H17N2O.3CH3.Sn/c1-13(2)12(15)14(3)10-9-11-7-5-4-6-8-11;;;;/h5-8H,9-10H2,1-3H3;3*1H3;. The van der Waals surface area contributed by atoms with Gasteiger partial charge in [-0.3, -0.25) is 0 Å². The molecule has 1 rings (SSSR count). The molecule has 0 fully saturated rings. The molecular weight excluding hydrogens is 343 g/mol. The molecule has 3 nitrogen and oxygen atoms in total. The summed E-state index contributed by atoms with van der Waals surface area (Å²) in [5.41, 5.74) is 1.30. The van der Waals surface area contributed by atoms with Gasteiger partial charge in [-0.05, 0) is 0 Å². The van der Waals surface area contributed by atoms with Crippen LogP contribution in [-0.4, -0.2) is 61.9 Å². The van der Waals surface area contributed by atoms with E-state index < -0.39 is 18.4 Å². The van der Waals surface area contributed by atoms with Gasteiger partial charge in [0.05, 0.1) is 0 Å². The van der Waals surface area contributed by atoms with E-state index in [0.29, 0.717) is 0 Å². The quantitative estimate of drug-likeness (QED) is 0.748. The first-order valence-corrected chi connectivity index (χ1v) is 16.7. The number of nitrogens with zero attached hydrogens (tertiary/aromatic N) is 2. The molecule has 0 unspecified atom stereocenters. The van der Waals surface area contributed by atoms with Crippen molar-refractivity contribution in [2.24, 2.45) is 0 Å². The fourth-order valence-electron chi connectivity index (χ4n) is 1.91. The molecule has 0 aromatic heterocycles. The third-order valence-corrected chi connectivity index (χ3v) is 9.16. The Morgan fingerprint density at radius 2 is 1.58 bits per heavy atom. The van der Waals surface area contributed by atoms with Gasteiger partial charge in [0.25, 0.3) is 0 Å². The number of carbonyl (C=O) groups excluding carboxylic acids is 1. The minimum absolute atomic E-state index is 0.0579. The molecule has 0 heterocycles. The van der Waals surface area contributed by atoms with Crippen LogP contribution in [0.15, 0.2) is 24.3 Å². The monoisotopic (exact) mass is 370 g/mol. The van der Waals surface area contributed by atoms with E-state index in [9.17, 15) is 4.79 Å². The van der Waals surface area contributed by atoms with Gasteiger partial charge in [-0.1, -0.05) is 0 Å². The van der Waals surface area contributed by atoms with Crippen LogP contribution in [0.2, 0.25) is 14.8 Å². The first kappa shape index (κ1) is 16.3. The van der Waals surface area contributed by atoms with Crippen molar-refractivity contribution >= 4 is 28.0 Å². The Labute approximate surface area is 121 Å². The molecule has 0 aliphatic heterocycles. The predicted molar refractivity (Wildman–Crippen MR) is 84.8 cm³/mol. The van der Waals surface area contributed by atoms with Crippen LogP contribution in [0.25, 0.3) is 0 Å². The van der Waals surface area contributed by atoms with Crippen LogP contribution in [0.4, 0.5) is 4.79 Å². The zero-order chi connectivity index (χ0) is 14.6. The van der Waals surface area contributed by atoms with Gasteiger partial charge < -0.3 is 0 Å². The van der Waals surface area contributed by atoms with Crippen molar-refractivity contribution in [1.82, 2.24) is 9.80 Å². The average Bonchev–Trinajstić information content (AvgIpc) is 2.34. The van der Waals surface area contributed by atoms with Crippen molar-refractivity contribution in [2.75, 3.05) is 27.7 Å². The Morgan fingerprint density at radius 3 is 2.00 bits per heavy atom. The molecule has 0 atom stereocenters. The summed E-state index contributed by atoms with van der Waals surface area (Å²) in [7, 11) is 5.41. The maximum absolute atomic E-state index is 11.7. The summed E-state index contributed by atoms with van der Waals surface area (Å²) in [4.78, 5) is 22.4. The van der Waals surface area contributed by atoms with Gasteiger partial charge >= 0.3 is 121 Å². The van der Waals surface area contributed by atoms with Crippen molar-refractivity contribution in [3.8, 4) is 0 Å². The van der Waals surface area contributed by atoms with Gasteiger partial charge in [0.2, 0.25) is 0 Å². The van der Waals surface area contributed by atoms with Gasteiger partial charge in [0.15, 0.2) is 0 Å². The minimum atomic E-state index is -1.92. The fraction of sp³-hybridized carbons (Fsp3) is 0.533. The molecule has 0 saturated carbocycles. The van der Waals surface area contributed by atoms with E-state index in [2.05, 4.69) is 39.1 Å². The van der Waals surface area contributed by atoms with Crippen LogP contribution in [0, 0.1) is 0 Å². The molecule has 0 aliphatic rings. The molecule has 2 amide bonds. The van der Waals surface area contributed by atoms with Crippen LogP contribution >= 0.6 is 0 Å². The molecule has 19 heavy (non-hydrogen) atoms. The van der Waals surface area contributed by atoms with Crippen LogP contribution in [-0.2, 0) is 6.42 Å². The number of hydrogen-bond donors (Lipinski definition) is 0. The van der Waals surface area contributed by atoms with E-state index in [4.69, 9.17) is 0 Å². The zero-order valence-corrected chi connectivity index (χ0v) is 15.9. The van der Waals surface area contributed by atoms with Gasteiger partial charge in [-0.25, -0.2) is 0 Å². The number of likely N-dealkylation sites (N-methyl/N-ethyl adjacent to an activating group) is 1. The summed E-state index contributed by atoms with van der Waals surface area (Å²) in [6, 6.07) is 9.04. The van der Waals surface area contributed by atoms with Crippen molar-refractivity contribution in [3.05, 3.63) is 29.8 Å². The fourth-order valence-corrected chi connectivity index (χ4v) is 5.24. The van der Waals surface area contributed by atoms with E-state index >= 15 is 0 Å². The van der Waals surface area contributed by atoms with E-state index in [1.807, 2.05) is 7.05 Å². The van der Waals surface area contributed by atoms with Crippen LogP contribution < -0.4 is 3.58 Å². The van der Waals surface area contributed by atoms with E-state index in [1.165, 1.54) is 5.56 Å². The molecule has 1 aromatic carbocycles. The number of benzene rings is 1. The average molecular weight is 369 g/mol. The normalized spacial score (nSPS) is 11.3. The zero-order valence-electron chi connectivity index (χ0n) is 13.0. The first-order chi connectivity index (χ1) is 8.71. The van der Waals surface area contributed by atoms with Crippen LogP contribution in [0.1, 0.15) is 5.56 Å². The molecular formula is C15H26N2OSn. The molecule has 0 spiro atoms. The third-order valence-electron chi connectivity index (χ3n) is 3.26. The van der Waals surface area contributed by atoms with Crippen molar-refractivity contribution in [2.45, 2.75) is 21.2 Å². The molecule has 1 aromatic rings. The predicted octanol–water partition coefficient (Wildman–Crippen LogP) is 2.39. The van der Waals surface area contributed by atoms with E-state index in [1.54, 1.807) is 27.5 Å². The Kier molecular flexibility index (Phi) is 5.71. The van der Waals surface area contributed by atoms with E-state index in [0.717, 1.165) is 13.0 Å². The van der Waals surface area contributed by atoms with Crippen LogP contribution in [0.3, 0.4) is 0 Å². The summed E-state index contributed by atoms with van der Waals surface area (Å²) >= 11 is -1.92. The second-order valence-corrected chi connectivity index (χ2v) is 20.8. The number of urea groups is 1. The molecule has 0 bridgehead atoms. The summed E-state index contributed by atoms with van der Waals surface area (Å²) in [6.07, 6.45) is 0.913. The van der Waals surface area contributed by atoms with Gasteiger partial charge in [-0.15, -0.1) is 0 Å². The number of hydrogen-bond acceptors (Lipinski definition) is 1. The van der Waals surface area contributed by atoms with Gasteiger partial charge in [0, 0.05) is 0 Å². The molecule has 0 N–H and O–H groups in total. The second kappa shape index (κ2) is 6.64. The van der Waals surface area contributed by atoms with Gasteiger partial charge in [-0.2, -0.15) is 0 Å². The number of carbonyl (C=O) groups is 1. The van der Waals surface area contributed by atoms with Gasteiger partial charge in [0.1, 0.15) is 0 Å². The topological polar surface area (TPSA) is 23.6 Å². The molecule has 0 aliphatic carbocycles. The molecule has 106 valence electrons. The second-order valence-electron chi connectivity index (χ2n) is 6.30. The summed E-state index contributed by atoms with van der Waals surface area (Å²) < 4.78 is 1.55. The molecule has 4 heteroatoms. The molecule has 0 saturated heterocycles. The Hall–Kier alpha value is -0.711. The first-order valence-electron chi connectivity index (χ1n) is 6.73. The Bertz CT molecular complexity index is 421. The summed E-state index contributed by atoms with van der Waals surface area (Å²) in [5, 5.41) is 0. The molecule has 0 radical (unpaired) electrons. The number of amides is 2. The summed E-state index contributed by atoms with van der Waals surface area (Å²) in [6.45, 7) is 0.759.